The van der Waals surface area contributed by atoms with Gasteiger partial charge in [-0.3, -0.25) is 9.69 Å². The van der Waals surface area contributed by atoms with Crippen molar-refractivity contribution in [2.75, 3.05) is 26.7 Å². The van der Waals surface area contributed by atoms with Crippen molar-refractivity contribution in [2.45, 2.75) is 158 Å². The number of nitrogens with zero attached hydrogens (tertiary/aromatic N) is 2. The van der Waals surface area contributed by atoms with Gasteiger partial charge >= 0.3 is 0 Å². The second-order valence-corrected chi connectivity index (χ2v) is 17.4. The quantitative estimate of drug-likeness (QED) is 0.167. The molecule has 6 nitrogen and oxygen atoms in total. The molecule has 1 amide bonds. The van der Waals surface area contributed by atoms with Crippen LogP contribution in [-0.4, -0.2) is 65.7 Å². The van der Waals surface area contributed by atoms with E-state index in [1.165, 1.54) is 108 Å². The molecule has 1 saturated heterocycles. The Kier molecular flexibility index (Phi) is 10.9. The summed E-state index contributed by atoms with van der Waals surface area (Å²) in [4.78, 5) is 19.6. The summed E-state index contributed by atoms with van der Waals surface area (Å²) in [5.74, 6) is 4.19. The van der Waals surface area contributed by atoms with E-state index in [1.54, 1.807) is 13.2 Å². The second kappa shape index (κ2) is 15.7. The van der Waals surface area contributed by atoms with Crippen LogP contribution >= 0.6 is 0 Å². The van der Waals surface area contributed by atoms with Gasteiger partial charge in [0.1, 0.15) is 11.9 Å². The number of amides is 1. The van der Waals surface area contributed by atoms with Gasteiger partial charge in [-0.15, -0.1) is 0 Å². The molecule has 0 unspecified atom stereocenters. The van der Waals surface area contributed by atoms with Crippen LogP contribution in [0, 0.1) is 17.8 Å². The van der Waals surface area contributed by atoms with Crippen molar-refractivity contribution in [3.05, 3.63) is 53.1 Å². The Morgan fingerprint density at radius 3 is 2.41 bits per heavy atom. The van der Waals surface area contributed by atoms with E-state index in [4.69, 9.17) is 9.47 Å². The molecule has 6 heteroatoms. The van der Waals surface area contributed by atoms with Crippen molar-refractivity contribution < 1.29 is 19.4 Å². The molecule has 2 heterocycles. The highest BCUT2D eigenvalue weighted by Crippen LogP contribution is 2.66. The maximum Gasteiger partial charge on any atom is 0.222 e. The van der Waals surface area contributed by atoms with Crippen molar-refractivity contribution in [1.82, 2.24) is 9.80 Å². The first kappa shape index (κ1) is 35.3. The topological polar surface area (TPSA) is 62.2 Å². The number of aromatic hydroxyl groups is 1. The molecular formula is C45H64N2O4. The molecule has 2 bridgehead atoms. The largest absolute Gasteiger partial charge is 0.508 e. The number of hydrogen-bond acceptors (Lipinski definition) is 5. The third kappa shape index (κ3) is 7.17. The number of likely N-dealkylation sites (tertiary alicyclic amines) is 1. The number of aryl methyl sites for hydroxylation is 1. The van der Waals surface area contributed by atoms with E-state index >= 15 is 0 Å². The molecule has 2 aliphatic heterocycles. The number of phenols is 1. The number of carbonyl (C=O) groups excluding carboxylic acids is 1. The molecule has 278 valence electrons. The van der Waals surface area contributed by atoms with Crippen LogP contribution in [0.3, 0.4) is 0 Å². The Bertz CT molecular complexity index is 1480. The fraction of sp³-hybridized carbons (Fsp3) is 0.711. The number of piperidine rings is 1. The highest BCUT2D eigenvalue weighted by molar-refractivity contribution is 5.77. The predicted octanol–water partition coefficient (Wildman–Crippen LogP) is 9.38. The first-order valence-electron chi connectivity index (χ1n) is 21.2. The van der Waals surface area contributed by atoms with Gasteiger partial charge in [0.25, 0.3) is 0 Å². The summed E-state index contributed by atoms with van der Waals surface area (Å²) in [6, 6.07) is 13.2. The molecule has 2 aromatic rings. The molecular weight excluding hydrogens is 633 g/mol. The van der Waals surface area contributed by atoms with E-state index in [0.717, 1.165) is 68.8 Å². The Morgan fingerprint density at radius 2 is 1.67 bits per heavy atom. The predicted molar refractivity (Wildman–Crippen MR) is 204 cm³/mol. The lowest BCUT2D eigenvalue weighted by Crippen LogP contribution is -2.69. The van der Waals surface area contributed by atoms with Crippen LogP contribution < -0.4 is 9.47 Å². The number of benzene rings is 2. The summed E-state index contributed by atoms with van der Waals surface area (Å²) in [5, 5.41) is 11.5. The number of phenolic OH excluding ortho intramolecular Hbond substituents is 1. The van der Waals surface area contributed by atoms with Gasteiger partial charge < -0.3 is 19.5 Å². The lowest BCUT2D eigenvalue weighted by molar-refractivity contribution is -0.144. The number of carbonyl (C=O) groups is 1. The van der Waals surface area contributed by atoms with Crippen molar-refractivity contribution in [3.63, 3.8) is 0 Å². The van der Waals surface area contributed by atoms with Crippen LogP contribution in [0.4, 0.5) is 0 Å². The Balaban J connectivity index is 0.940. The minimum atomic E-state index is -0.158. The average molecular weight is 697 g/mol. The standard InChI is InChI=1S/C45H64N2O4/c1-50-40-29-39(48)35-28-38-36-24-25-37(44-45(36,42(35)43(40)51-44)26-27-46(38)30-34-22-23-34)47(31-33-19-13-9-14-20-33)41(49)21-15-7-5-3-2-4-6-10-16-32-17-11-8-12-18-32/h8,11-12,17-18,29,33-34,36-38,44,48H,2-7,9-10,13-16,19-28,30-31H2,1H3/t36-,37-,38+,44-,45-/m0/s1. The van der Waals surface area contributed by atoms with Gasteiger partial charge in [-0.05, 0) is 100 Å². The van der Waals surface area contributed by atoms with Crippen LogP contribution in [0.1, 0.15) is 139 Å². The van der Waals surface area contributed by atoms with E-state index in [1.807, 2.05) is 0 Å². The van der Waals surface area contributed by atoms with Gasteiger partial charge in [0.05, 0.1) is 13.2 Å². The SMILES string of the molecule is COc1cc(O)c2c3c1O[C@H]1[C@@H](N(CC4CCCCC4)C(=O)CCCCCCCCCCc4ccccc4)CC[C@H]4[C@@H](C2)N(CC2CC2)CC[C@@]341. The summed E-state index contributed by atoms with van der Waals surface area (Å²) >= 11 is 0. The number of rotatable bonds is 17. The molecule has 5 atom stereocenters. The van der Waals surface area contributed by atoms with Crippen LogP contribution in [0.2, 0.25) is 0 Å². The number of hydrogen-bond donors (Lipinski definition) is 1. The van der Waals surface area contributed by atoms with Crippen LogP contribution in [0.25, 0.3) is 0 Å². The van der Waals surface area contributed by atoms with Crippen LogP contribution in [0.5, 0.6) is 17.2 Å². The molecule has 0 aromatic heterocycles. The molecule has 8 rings (SSSR count). The van der Waals surface area contributed by atoms with Crippen LogP contribution in [-0.2, 0) is 23.1 Å². The van der Waals surface area contributed by atoms with Gasteiger partial charge in [0, 0.05) is 48.2 Å². The van der Waals surface area contributed by atoms with E-state index in [-0.39, 0.29) is 17.6 Å². The van der Waals surface area contributed by atoms with Crippen molar-refractivity contribution in [1.29, 1.82) is 0 Å². The zero-order chi connectivity index (χ0) is 34.8. The maximum absolute atomic E-state index is 14.5. The first-order valence-corrected chi connectivity index (χ1v) is 21.2. The fourth-order valence-electron chi connectivity index (χ4n) is 11.5. The lowest BCUT2D eigenvalue weighted by Gasteiger charge is -2.60. The molecule has 2 aromatic carbocycles. The third-order valence-corrected chi connectivity index (χ3v) is 14.3. The minimum absolute atomic E-state index is 0.0685. The average Bonchev–Trinajstić information content (AvgIpc) is 3.91. The number of ether oxygens (including phenoxy) is 2. The zero-order valence-corrected chi connectivity index (χ0v) is 31.5. The van der Waals surface area contributed by atoms with Gasteiger partial charge in [-0.2, -0.15) is 0 Å². The summed E-state index contributed by atoms with van der Waals surface area (Å²) in [5.41, 5.74) is 3.63. The highest BCUT2D eigenvalue weighted by atomic mass is 16.5. The van der Waals surface area contributed by atoms with Gasteiger partial charge in [-0.25, -0.2) is 0 Å². The van der Waals surface area contributed by atoms with E-state index < -0.39 is 0 Å². The van der Waals surface area contributed by atoms with Crippen molar-refractivity contribution in [3.8, 4) is 17.2 Å². The monoisotopic (exact) mass is 696 g/mol. The Labute approximate surface area is 307 Å². The molecule has 1 N–H and O–H groups in total. The molecule has 51 heavy (non-hydrogen) atoms. The number of unbranched alkanes of at least 4 members (excludes halogenated alkanes) is 7. The van der Waals surface area contributed by atoms with E-state index in [2.05, 4.69) is 40.1 Å². The highest BCUT2D eigenvalue weighted by Gasteiger charge is 2.67. The smallest absolute Gasteiger partial charge is 0.222 e. The van der Waals surface area contributed by atoms with E-state index in [0.29, 0.717) is 41.7 Å². The molecule has 3 saturated carbocycles. The molecule has 0 radical (unpaired) electrons. The Hall–Kier alpha value is -2.73. The molecule has 4 aliphatic carbocycles. The summed E-state index contributed by atoms with van der Waals surface area (Å²) in [6.07, 6.45) is 24.9. The van der Waals surface area contributed by atoms with Gasteiger partial charge in [-0.1, -0.05) is 88.1 Å². The zero-order valence-electron chi connectivity index (χ0n) is 31.5. The normalized spacial score (nSPS) is 28.3. The third-order valence-electron chi connectivity index (χ3n) is 14.3. The minimum Gasteiger partial charge on any atom is -0.508 e. The van der Waals surface area contributed by atoms with Crippen LogP contribution in [0.15, 0.2) is 36.4 Å². The first-order chi connectivity index (χ1) is 25.1. The van der Waals surface area contributed by atoms with E-state index in [9.17, 15) is 9.90 Å². The fourth-order valence-corrected chi connectivity index (χ4v) is 11.5. The summed E-state index contributed by atoms with van der Waals surface area (Å²) in [6.45, 7) is 3.17. The molecule has 1 spiro atoms. The van der Waals surface area contributed by atoms with Gasteiger partial charge in [0.15, 0.2) is 11.5 Å². The number of methoxy groups -OCH3 is 1. The summed E-state index contributed by atoms with van der Waals surface area (Å²) < 4.78 is 13.1. The Morgan fingerprint density at radius 1 is 0.922 bits per heavy atom. The van der Waals surface area contributed by atoms with Gasteiger partial charge in [0.2, 0.25) is 5.91 Å². The summed E-state index contributed by atoms with van der Waals surface area (Å²) in [7, 11) is 1.70. The maximum atomic E-state index is 14.5. The lowest BCUT2D eigenvalue weighted by atomic mass is 9.50. The molecule has 6 aliphatic rings. The second-order valence-electron chi connectivity index (χ2n) is 17.4. The van der Waals surface area contributed by atoms with Crippen molar-refractivity contribution >= 4 is 5.91 Å². The molecule has 4 fully saturated rings. The van der Waals surface area contributed by atoms with Crippen molar-refractivity contribution in [2.24, 2.45) is 17.8 Å².